The van der Waals surface area contributed by atoms with Crippen LogP contribution in [0.25, 0.3) is 22.8 Å². The summed E-state index contributed by atoms with van der Waals surface area (Å²) in [6.45, 7) is -0.0177. The second-order valence-corrected chi connectivity index (χ2v) is 7.61. The number of imidazole rings is 1. The van der Waals surface area contributed by atoms with Gasteiger partial charge in [0, 0.05) is 24.0 Å². The molecule has 33 heavy (non-hydrogen) atoms. The minimum Gasteiger partial charge on any atom is -0.496 e. The lowest BCUT2D eigenvalue weighted by molar-refractivity contribution is -0.137. The van der Waals surface area contributed by atoms with Crippen molar-refractivity contribution in [1.82, 2.24) is 19.9 Å². The zero-order valence-corrected chi connectivity index (χ0v) is 18.5. The first-order valence-corrected chi connectivity index (χ1v) is 10.2. The number of pyridine rings is 2. The van der Waals surface area contributed by atoms with Crippen molar-refractivity contribution in [2.45, 2.75) is 12.8 Å². The van der Waals surface area contributed by atoms with E-state index in [4.69, 9.17) is 32.7 Å². The summed E-state index contributed by atoms with van der Waals surface area (Å²) in [5, 5.41) is 0.794. The van der Waals surface area contributed by atoms with E-state index in [0.717, 1.165) is 12.3 Å². The molecule has 0 spiro atoms. The molecule has 0 aliphatic rings. The maximum Gasteiger partial charge on any atom is 0.417 e. The second-order valence-electron chi connectivity index (χ2n) is 6.80. The summed E-state index contributed by atoms with van der Waals surface area (Å²) in [5.74, 6) is 1.34. The second kappa shape index (κ2) is 9.29. The van der Waals surface area contributed by atoms with Crippen LogP contribution in [0.15, 0.2) is 54.9 Å². The number of rotatable bonds is 6. The third kappa shape index (κ3) is 5.20. The summed E-state index contributed by atoms with van der Waals surface area (Å²) in [6, 6.07) is 10.7. The maximum absolute atomic E-state index is 12.7. The number of halogens is 5. The quantitative estimate of drug-likeness (QED) is 0.333. The fourth-order valence-corrected chi connectivity index (χ4v) is 3.30. The van der Waals surface area contributed by atoms with E-state index in [1.165, 1.54) is 19.4 Å². The van der Waals surface area contributed by atoms with Gasteiger partial charge < -0.3 is 14.5 Å². The zero-order valence-electron chi connectivity index (χ0n) is 17.0. The molecule has 0 saturated heterocycles. The molecule has 0 aliphatic carbocycles. The molecule has 0 radical (unpaired) electrons. The number of hydrogen-bond donors (Lipinski definition) is 1. The number of benzene rings is 1. The number of aromatic amines is 1. The Morgan fingerprint density at radius 3 is 2.45 bits per heavy atom. The van der Waals surface area contributed by atoms with Crippen LogP contribution in [0.3, 0.4) is 0 Å². The smallest absolute Gasteiger partial charge is 0.417 e. The van der Waals surface area contributed by atoms with E-state index < -0.39 is 11.7 Å². The number of H-pyrrole nitrogens is 1. The number of methoxy groups -OCH3 is 1. The van der Waals surface area contributed by atoms with Crippen LogP contribution in [0.2, 0.25) is 10.2 Å². The average molecular weight is 495 g/mol. The molecule has 11 heteroatoms. The van der Waals surface area contributed by atoms with Crippen molar-refractivity contribution in [3.05, 3.63) is 76.3 Å². The van der Waals surface area contributed by atoms with E-state index in [0.29, 0.717) is 50.1 Å². The summed E-state index contributed by atoms with van der Waals surface area (Å²) >= 11 is 12.2. The number of hydrogen-bond acceptors (Lipinski definition) is 5. The number of ether oxygens (including phenoxy) is 2. The Morgan fingerprint density at radius 1 is 1.00 bits per heavy atom. The highest BCUT2D eigenvalue weighted by atomic mass is 35.5. The molecule has 0 aliphatic heterocycles. The summed E-state index contributed by atoms with van der Waals surface area (Å²) < 4.78 is 49.1. The number of aromatic nitrogens is 4. The highest BCUT2D eigenvalue weighted by Gasteiger charge is 2.30. The maximum atomic E-state index is 12.7. The highest BCUT2D eigenvalue weighted by molar-refractivity contribution is 6.32. The van der Waals surface area contributed by atoms with Gasteiger partial charge in [-0.15, -0.1) is 0 Å². The van der Waals surface area contributed by atoms with E-state index >= 15 is 0 Å². The molecule has 3 heterocycles. The molecule has 0 bridgehead atoms. The predicted octanol–water partition coefficient (Wildman–Crippen LogP) is 6.45. The fourth-order valence-electron chi connectivity index (χ4n) is 2.96. The fraction of sp³-hybridized carbons (Fsp3) is 0.136. The number of nitrogens with one attached hydrogen (secondary N) is 1. The molecule has 4 rings (SSSR count). The van der Waals surface area contributed by atoms with E-state index in [-0.39, 0.29) is 6.61 Å². The van der Waals surface area contributed by atoms with Crippen molar-refractivity contribution in [3.8, 4) is 34.3 Å². The van der Waals surface area contributed by atoms with E-state index in [1.807, 2.05) is 0 Å². The van der Waals surface area contributed by atoms with Crippen molar-refractivity contribution >= 4 is 23.2 Å². The molecule has 1 aromatic carbocycles. The Bertz CT molecular complexity index is 1260. The monoisotopic (exact) mass is 494 g/mol. The number of alkyl halides is 3. The first-order valence-electron chi connectivity index (χ1n) is 9.45. The summed E-state index contributed by atoms with van der Waals surface area (Å²) in [7, 11) is 1.49. The molecule has 0 fully saturated rings. The highest BCUT2D eigenvalue weighted by Crippen LogP contribution is 2.37. The van der Waals surface area contributed by atoms with Gasteiger partial charge in [0.1, 0.15) is 34.6 Å². The molecule has 0 saturated carbocycles. The van der Waals surface area contributed by atoms with Gasteiger partial charge in [-0.2, -0.15) is 13.2 Å². The summed E-state index contributed by atoms with van der Waals surface area (Å²) in [4.78, 5) is 15.5. The van der Waals surface area contributed by atoms with E-state index in [2.05, 4.69) is 19.9 Å². The lowest BCUT2D eigenvalue weighted by atomic mass is 10.1. The van der Waals surface area contributed by atoms with Crippen LogP contribution >= 0.6 is 23.2 Å². The van der Waals surface area contributed by atoms with Gasteiger partial charge in [-0.25, -0.2) is 4.98 Å². The lowest BCUT2D eigenvalue weighted by Crippen LogP contribution is -2.06. The van der Waals surface area contributed by atoms with Crippen LogP contribution in [0, 0.1) is 0 Å². The topological polar surface area (TPSA) is 72.9 Å². The lowest BCUT2D eigenvalue weighted by Gasteiger charge is -2.11. The van der Waals surface area contributed by atoms with Gasteiger partial charge in [0.2, 0.25) is 0 Å². The van der Waals surface area contributed by atoms with Crippen LogP contribution in [0.4, 0.5) is 13.2 Å². The molecule has 3 aromatic heterocycles. The minimum absolute atomic E-state index is 0.0177. The van der Waals surface area contributed by atoms with Crippen LogP contribution in [0.1, 0.15) is 11.3 Å². The summed E-state index contributed by atoms with van der Waals surface area (Å²) in [6.07, 6.45) is -2.16. The van der Waals surface area contributed by atoms with Gasteiger partial charge in [-0.1, -0.05) is 23.2 Å². The van der Waals surface area contributed by atoms with Crippen LogP contribution in [-0.2, 0) is 12.8 Å². The third-order valence-electron chi connectivity index (χ3n) is 4.60. The average Bonchev–Trinajstić information content (AvgIpc) is 3.19. The standard InChI is InChI=1S/C22H15Cl2F3N4O2/c1-32-18-8-15(33-11-14-4-2-12(9-28-14)22(25,26)27)5-6-16(18)19-20(24)31-21(30-19)17-7-3-13(23)10-29-17/h2-10H,11H2,1H3,(H,30,31). The van der Waals surface area contributed by atoms with Crippen molar-refractivity contribution in [1.29, 1.82) is 0 Å². The van der Waals surface area contributed by atoms with Gasteiger partial charge >= 0.3 is 6.18 Å². The van der Waals surface area contributed by atoms with Crippen LogP contribution < -0.4 is 9.47 Å². The largest absolute Gasteiger partial charge is 0.496 e. The van der Waals surface area contributed by atoms with Crippen molar-refractivity contribution in [3.63, 3.8) is 0 Å². The minimum atomic E-state index is -4.44. The van der Waals surface area contributed by atoms with Crippen molar-refractivity contribution in [2.75, 3.05) is 7.11 Å². The first-order chi connectivity index (χ1) is 15.7. The number of nitrogens with zero attached hydrogens (tertiary/aromatic N) is 3. The van der Waals surface area contributed by atoms with Gasteiger partial charge in [-0.05, 0) is 36.4 Å². The van der Waals surface area contributed by atoms with Gasteiger partial charge in [0.15, 0.2) is 5.82 Å². The van der Waals surface area contributed by atoms with Gasteiger partial charge in [0.05, 0.1) is 23.4 Å². The van der Waals surface area contributed by atoms with Crippen LogP contribution in [-0.4, -0.2) is 27.0 Å². The molecule has 1 N–H and O–H groups in total. The molecule has 0 amide bonds. The Balaban J connectivity index is 1.53. The first kappa shape index (κ1) is 22.9. The SMILES string of the molecule is COc1cc(OCc2ccc(C(F)(F)F)cn2)ccc1-c1nc(-c2ccc(Cl)cn2)[nH]c1Cl. The van der Waals surface area contributed by atoms with E-state index in [9.17, 15) is 13.2 Å². The molecular formula is C22H15Cl2F3N4O2. The van der Waals surface area contributed by atoms with Gasteiger partial charge in [-0.3, -0.25) is 9.97 Å². The predicted molar refractivity (Wildman–Crippen MR) is 117 cm³/mol. The van der Waals surface area contributed by atoms with Crippen molar-refractivity contribution in [2.24, 2.45) is 0 Å². The Hall–Kier alpha value is -3.30. The van der Waals surface area contributed by atoms with Crippen LogP contribution in [0.5, 0.6) is 11.5 Å². The Kier molecular flexibility index (Phi) is 6.44. The molecule has 6 nitrogen and oxygen atoms in total. The van der Waals surface area contributed by atoms with Gasteiger partial charge in [0.25, 0.3) is 0 Å². The molecule has 0 atom stereocenters. The molecular weight excluding hydrogens is 480 g/mol. The molecule has 0 unspecified atom stereocenters. The summed E-state index contributed by atoms with van der Waals surface area (Å²) in [5.41, 5.74) is 1.16. The zero-order chi connectivity index (χ0) is 23.6. The van der Waals surface area contributed by atoms with E-state index in [1.54, 1.807) is 30.3 Å². The molecule has 170 valence electrons. The Morgan fingerprint density at radius 2 is 1.82 bits per heavy atom. The molecule has 4 aromatic rings. The normalized spacial score (nSPS) is 11.5. The van der Waals surface area contributed by atoms with Crippen molar-refractivity contribution < 1.29 is 22.6 Å². The third-order valence-corrected chi connectivity index (χ3v) is 5.09. The Labute approximate surface area is 196 Å².